The van der Waals surface area contributed by atoms with Crippen molar-refractivity contribution in [2.45, 2.75) is 6.54 Å². The minimum Gasteiger partial charge on any atom is -1.00 e. The van der Waals surface area contributed by atoms with Crippen molar-refractivity contribution in [2.24, 2.45) is 0 Å². The second kappa shape index (κ2) is 6.75. The van der Waals surface area contributed by atoms with Crippen LogP contribution in [0.25, 0.3) is 0 Å². The van der Waals surface area contributed by atoms with Gasteiger partial charge in [-0.1, -0.05) is 18.2 Å². The van der Waals surface area contributed by atoms with E-state index in [1.54, 1.807) is 29.4 Å². The fourth-order valence-corrected chi connectivity index (χ4v) is 1.34. The molecule has 1 aromatic heterocycles. The summed E-state index contributed by atoms with van der Waals surface area (Å²) in [7, 11) is 0. The largest absolute Gasteiger partial charge is 1.00 e. The molecule has 17 heavy (non-hydrogen) atoms. The number of hydrogen-bond donors (Lipinski definition) is 1. The van der Waals surface area contributed by atoms with E-state index in [2.05, 4.69) is 10.3 Å². The maximum Gasteiger partial charge on any atom is 0.290 e. The Labute approximate surface area is 110 Å². The Morgan fingerprint density at radius 3 is 2.47 bits per heavy atom. The van der Waals surface area contributed by atoms with E-state index in [1.807, 2.05) is 30.3 Å². The molecule has 0 aliphatic heterocycles. The summed E-state index contributed by atoms with van der Waals surface area (Å²) in [6.45, 7) is 0.289. The molecule has 1 N–H and O–H groups in total. The quantitative estimate of drug-likeness (QED) is 0.666. The Hall–Kier alpha value is -1.75. The SMILES string of the molecule is O=C(C[n+]1ccncc1)Nc1ccccc1.[Br-]. The van der Waals surface area contributed by atoms with Gasteiger partial charge in [0, 0.05) is 5.69 Å². The Bertz CT molecular complexity index is 418. The molecule has 0 bridgehead atoms. The molecule has 2 aromatic rings. The van der Waals surface area contributed by atoms with E-state index in [9.17, 15) is 4.79 Å². The Morgan fingerprint density at radius 1 is 1.18 bits per heavy atom. The first-order chi connectivity index (χ1) is 7.84. The highest BCUT2D eigenvalue weighted by Crippen LogP contribution is 2.03. The molecule has 0 aliphatic carbocycles. The van der Waals surface area contributed by atoms with Gasteiger partial charge in [0.25, 0.3) is 5.91 Å². The molecule has 1 amide bonds. The highest BCUT2D eigenvalue weighted by Gasteiger charge is 2.08. The van der Waals surface area contributed by atoms with Crippen LogP contribution in [0.2, 0.25) is 0 Å². The van der Waals surface area contributed by atoms with E-state index in [1.165, 1.54) is 0 Å². The van der Waals surface area contributed by atoms with Gasteiger partial charge in [0.1, 0.15) is 0 Å². The molecule has 1 heterocycles. The Morgan fingerprint density at radius 2 is 1.82 bits per heavy atom. The van der Waals surface area contributed by atoms with E-state index in [-0.39, 0.29) is 29.4 Å². The summed E-state index contributed by atoms with van der Waals surface area (Å²) in [4.78, 5) is 15.5. The molecule has 0 spiro atoms. The predicted molar refractivity (Wildman–Crippen MR) is 59.5 cm³/mol. The minimum atomic E-state index is -0.0533. The van der Waals surface area contributed by atoms with Gasteiger partial charge in [0.2, 0.25) is 6.54 Å². The van der Waals surface area contributed by atoms with Crippen LogP contribution >= 0.6 is 0 Å². The van der Waals surface area contributed by atoms with Crippen LogP contribution in [-0.4, -0.2) is 10.9 Å². The van der Waals surface area contributed by atoms with Crippen molar-refractivity contribution in [3.63, 3.8) is 0 Å². The fraction of sp³-hybridized carbons (Fsp3) is 0.0833. The van der Waals surface area contributed by atoms with Crippen molar-refractivity contribution in [2.75, 3.05) is 5.32 Å². The highest BCUT2D eigenvalue weighted by atomic mass is 79.9. The predicted octanol–water partition coefficient (Wildman–Crippen LogP) is -1.99. The van der Waals surface area contributed by atoms with Crippen LogP contribution in [0.5, 0.6) is 0 Å². The van der Waals surface area contributed by atoms with Crippen LogP contribution in [0.3, 0.4) is 0 Å². The van der Waals surface area contributed by atoms with Crippen molar-refractivity contribution < 1.29 is 26.3 Å². The molecule has 4 nitrogen and oxygen atoms in total. The number of carbonyl (C=O) groups is 1. The molecule has 0 aliphatic rings. The third-order valence-electron chi connectivity index (χ3n) is 2.07. The number of para-hydroxylation sites is 1. The number of carbonyl (C=O) groups excluding carboxylic acids is 1. The summed E-state index contributed by atoms with van der Waals surface area (Å²) in [5, 5.41) is 2.81. The smallest absolute Gasteiger partial charge is 0.290 e. The zero-order valence-corrected chi connectivity index (χ0v) is 10.7. The van der Waals surface area contributed by atoms with Crippen LogP contribution < -0.4 is 26.9 Å². The second-order valence-corrected chi connectivity index (χ2v) is 3.33. The number of anilines is 1. The van der Waals surface area contributed by atoms with Crippen LogP contribution in [0.15, 0.2) is 55.1 Å². The van der Waals surface area contributed by atoms with Gasteiger partial charge in [-0.2, -0.15) is 4.57 Å². The van der Waals surface area contributed by atoms with Gasteiger partial charge in [0.15, 0.2) is 12.4 Å². The Balaban J connectivity index is 0.00000144. The first-order valence-corrected chi connectivity index (χ1v) is 4.98. The summed E-state index contributed by atoms with van der Waals surface area (Å²) >= 11 is 0. The van der Waals surface area contributed by atoms with Gasteiger partial charge in [-0.3, -0.25) is 9.78 Å². The number of aromatic nitrogens is 2. The van der Waals surface area contributed by atoms with E-state index in [4.69, 9.17) is 0 Å². The number of nitrogens with one attached hydrogen (secondary N) is 1. The summed E-state index contributed by atoms with van der Waals surface area (Å²) in [6, 6.07) is 9.39. The lowest BCUT2D eigenvalue weighted by Gasteiger charge is -2.01. The zero-order chi connectivity index (χ0) is 11.2. The molecule has 1 aromatic carbocycles. The molecule has 2 rings (SSSR count). The molecule has 0 saturated carbocycles. The third kappa shape index (κ3) is 4.32. The van der Waals surface area contributed by atoms with Gasteiger partial charge in [0.05, 0.1) is 12.4 Å². The lowest BCUT2D eigenvalue weighted by Crippen LogP contribution is -3.00. The first-order valence-electron chi connectivity index (χ1n) is 4.98. The molecule has 88 valence electrons. The van der Waals surface area contributed by atoms with E-state index < -0.39 is 0 Å². The summed E-state index contributed by atoms with van der Waals surface area (Å²) in [5.41, 5.74) is 0.808. The summed E-state index contributed by atoms with van der Waals surface area (Å²) in [5.74, 6) is -0.0533. The average Bonchev–Trinajstić information content (AvgIpc) is 2.31. The second-order valence-electron chi connectivity index (χ2n) is 3.33. The molecule has 5 heteroatoms. The van der Waals surface area contributed by atoms with Gasteiger partial charge < -0.3 is 22.3 Å². The van der Waals surface area contributed by atoms with Crippen LogP contribution in [0, 0.1) is 0 Å². The molecular weight excluding hydrogens is 282 g/mol. The number of nitrogens with zero attached hydrogens (tertiary/aromatic N) is 2. The van der Waals surface area contributed by atoms with Gasteiger partial charge in [-0.05, 0) is 12.1 Å². The number of benzene rings is 1. The third-order valence-corrected chi connectivity index (χ3v) is 2.07. The van der Waals surface area contributed by atoms with Crippen molar-refractivity contribution in [3.05, 3.63) is 55.1 Å². The van der Waals surface area contributed by atoms with Crippen LogP contribution in [0.1, 0.15) is 0 Å². The molecular formula is C12H12BrN3O. The lowest BCUT2D eigenvalue weighted by atomic mass is 10.3. The van der Waals surface area contributed by atoms with E-state index >= 15 is 0 Å². The van der Waals surface area contributed by atoms with Crippen molar-refractivity contribution in [1.82, 2.24) is 4.98 Å². The molecule has 0 radical (unpaired) electrons. The molecule has 0 fully saturated rings. The molecule has 0 unspecified atom stereocenters. The number of hydrogen-bond acceptors (Lipinski definition) is 2. The minimum absolute atomic E-state index is 0. The maximum atomic E-state index is 11.6. The normalized spacial score (nSPS) is 9.18. The van der Waals surface area contributed by atoms with Gasteiger partial charge in [-0.25, -0.2) is 0 Å². The van der Waals surface area contributed by atoms with Gasteiger partial charge >= 0.3 is 0 Å². The Kier molecular flexibility index (Phi) is 5.29. The summed E-state index contributed by atoms with van der Waals surface area (Å²) < 4.78 is 1.77. The molecule has 0 atom stereocenters. The van der Waals surface area contributed by atoms with Crippen molar-refractivity contribution in [3.8, 4) is 0 Å². The number of rotatable bonds is 3. The fourth-order valence-electron chi connectivity index (χ4n) is 1.34. The van der Waals surface area contributed by atoms with E-state index in [0.29, 0.717) is 0 Å². The van der Waals surface area contributed by atoms with Gasteiger partial charge in [-0.15, -0.1) is 0 Å². The monoisotopic (exact) mass is 293 g/mol. The zero-order valence-electron chi connectivity index (χ0n) is 9.08. The first kappa shape index (κ1) is 13.3. The molecule has 0 saturated heterocycles. The van der Waals surface area contributed by atoms with Crippen LogP contribution in [0.4, 0.5) is 5.69 Å². The van der Waals surface area contributed by atoms with Crippen LogP contribution in [-0.2, 0) is 11.3 Å². The lowest BCUT2D eigenvalue weighted by molar-refractivity contribution is -0.684. The number of amides is 1. The number of halogens is 1. The standard InChI is InChI=1S/C12H11N3O.BrH/c16-12(10-15-8-6-13-7-9-15)14-11-4-2-1-3-5-11;/h1-9H,10H2;1H. The highest BCUT2D eigenvalue weighted by molar-refractivity contribution is 5.89. The topological polar surface area (TPSA) is 45.9 Å². The van der Waals surface area contributed by atoms with Crippen molar-refractivity contribution >= 4 is 11.6 Å². The summed E-state index contributed by atoms with van der Waals surface area (Å²) in [6.07, 6.45) is 6.81. The maximum absolute atomic E-state index is 11.6. The average molecular weight is 294 g/mol. The van der Waals surface area contributed by atoms with Crippen molar-refractivity contribution in [1.29, 1.82) is 0 Å². The van der Waals surface area contributed by atoms with E-state index in [0.717, 1.165) is 5.69 Å².